The van der Waals surface area contributed by atoms with Crippen LogP contribution >= 0.6 is 0 Å². The van der Waals surface area contributed by atoms with Crippen LogP contribution in [0.5, 0.6) is 0 Å². The smallest absolute Gasteiger partial charge is 0.744 e. The van der Waals surface area contributed by atoms with Gasteiger partial charge in [-0.25, -0.2) is 35.5 Å². The SMILES string of the molecule is NS(=O)(=O)c1ccc(Nc2ccc(Nc3ccc(Nc4ccc(S(N)(=O)=O)cc4[N+](=O)[O-])cc3S(=O)(=O)[O-])cc2)c([N+](=O)[O-])c1.[Na+]. The Hall–Kier alpha value is -4.19. The molecule has 0 amide bonds. The third-order valence-corrected chi connectivity index (χ3v) is 8.66. The summed E-state index contributed by atoms with van der Waals surface area (Å²) in [4.78, 5) is 19.6. The summed E-state index contributed by atoms with van der Waals surface area (Å²) in [6.07, 6.45) is 0. The number of nitro groups is 2. The molecular formula is C24H20N7NaO11S3. The van der Waals surface area contributed by atoms with Gasteiger partial charge >= 0.3 is 29.6 Å². The number of hydrogen-bond acceptors (Lipinski definition) is 14. The second kappa shape index (κ2) is 13.7. The van der Waals surface area contributed by atoms with Crippen LogP contribution in [0.15, 0.2) is 93.5 Å². The van der Waals surface area contributed by atoms with Crippen molar-refractivity contribution in [3.05, 3.63) is 99.1 Å². The second-order valence-electron chi connectivity index (χ2n) is 9.08. The predicted octanol–water partition coefficient (Wildman–Crippen LogP) is -0.0633. The van der Waals surface area contributed by atoms with Crippen LogP contribution in [-0.4, -0.2) is 39.7 Å². The number of hydrogen-bond donors (Lipinski definition) is 5. The number of nitrogens with zero attached hydrogens (tertiary/aromatic N) is 2. The largest absolute Gasteiger partial charge is 1.00 e. The molecule has 0 aliphatic carbocycles. The molecule has 4 aromatic rings. The number of nitrogens with two attached hydrogens (primary N) is 2. The van der Waals surface area contributed by atoms with Crippen LogP contribution < -0.4 is 55.8 Å². The summed E-state index contributed by atoms with van der Waals surface area (Å²) in [6, 6.07) is 15.0. The van der Waals surface area contributed by atoms with Gasteiger partial charge in [0.2, 0.25) is 20.0 Å². The Morgan fingerprint density at radius 1 is 0.543 bits per heavy atom. The van der Waals surface area contributed by atoms with Gasteiger partial charge in [0, 0.05) is 29.2 Å². The Morgan fingerprint density at radius 2 is 0.891 bits per heavy atom. The minimum atomic E-state index is -5.11. The van der Waals surface area contributed by atoms with Crippen LogP contribution in [0.25, 0.3) is 0 Å². The fourth-order valence-electron chi connectivity index (χ4n) is 3.90. The van der Waals surface area contributed by atoms with E-state index in [4.69, 9.17) is 10.3 Å². The first kappa shape index (κ1) is 36.3. The maximum absolute atomic E-state index is 12.1. The van der Waals surface area contributed by atoms with Crippen molar-refractivity contribution in [2.75, 3.05) is 16.0 Å². The summed E-state index contributed by atoms with van der Waals surface area (Å²) in [5.74, 6) is 0. The van der Waals surface area contributed by atoms with Crippen molar-refractivity contribution >= 4 is 75.7 Å². The van der Waals surface area contributed by atoms with Gasteiger partial charge in [-0.3, -0.25) is 20.2 Å². The van der Waals surface area contributed by atoms with E-state index >= 15 is 0 Å². The molecule has 236 valence electrons. The number of rotatable bonds is 11. The summed E-state index contributed by atoms with van der Waals surface area (Å²) in [7, 11) is -13.6. The second-order valence-corrected chi connectivity index (χ2v) is 13.6. The van der Waals surface area contributed by atoms with E-state index in [1.165, 1.54) is 36.4 Å². The molecule has 0 saturated carbocycles. The molecule has 4 rings (SSSR count). The van der Waals surface area contributed by atoms with E-state index in [2.05, 4.69) is 16.0 Å². The average Bonchev–Trinajstić information content (AvgIpc) is 2.93. The predicted molar refractivity (Wildman–Crippen MR) is 160 cm³/mol. The molecule has 0 aliphatic heterocycles. The monoisotopic (exact) mass is 701 g/mol. The molecule has 0 bridgehead atoms. The molecule has 0 unspecified atom stereocenters. The van der Waals surface area contributed by atoms with E-state index in [0.717, 1.165) is 42.5 Å². The van der Waals surface area contributed by atoms with Crippen LogP contribution in [0.2, 0.25) is 0 Å². The van der Waals surface area contributed by atoms with Crippen molar-refractivity contribution in [1.29, 1.82) is 0 Å². The number of anilines is 6. The van der Waals surface area contributed by atoms with Crippen LogP contribution in [0.4, 0.5) is 45.5 Å². The minimum absolute atomic E-state index is 0. The normalized spacial score (nSPS) is 11.6. The summed E-state index contributed by atoms with van der Waals surface area (Å²) < 4.78 is 82.5. The topological polar surface area (TPSA) is 300 Å². The minimum Gasteiger partial charge on any atom is -0.744 e. The molecule has 46 heavy (non-hydrogen) atoms. The molecule has 0 aliphatic rings. The van der Waals surface area contributed by atoms with Crippen molar-refractivity contribution in [3.63, 3.8) is 0 Å². The summed E-state index contributed by atoms with van der Waals surface area (Å²) in [6.45, 7) is 0. The van der Waals surface area contributed by atoms with Crippen molar-refractivity contribution < 1.29 is 69.2 Å². The maximum Gasteiger partial charge on any atom is 1.00 e. The van der Waals surface area contributed by atoms with Crippen molar-refractivity contribution in [2.24, 2.45) is 10.3 Å². The molecular weight excluding hydrogens is 681 g/mol. The molecule has 0 fully saturated rings. The Balaban J connectivity index is 0.00000576. The zero-order valence-electron chi connectivity index (χ0n) is 23.3. The van der Waals surface area contributed by atoms with Crippen LogP contribution in [0, 0.1) is 20.2 Å². The van der Waals surface area contributed by atoms with Gasteiger partial charge in [-0.1, -0.05) is 0 Å². The van der Waals surface area contributed by atoms with E-state index in [1.54, 1.807) is 0 Å². The molecule has 4 aromatic carbocycles. The average molecular weight is 702 g/mol. The van der Waals surface area contributed by atoms with Crippen LogP contribution in [0.3, 0.4) is 0 Å². The van der Waals surface area contributed by atoms with Crippen LogP contribution in [-0.2, 0) is 30.2 Å². The molecule has 22 heteroatoms. The van der Waals surface area contributed by atoms with Gasteiger partial charge in [0.25, 0.3) is 11.4 Å². The molecule has 7 N–H and O–H groups in total. The van der Waals surface area contributed by atoms with Gasteiger partial charge in [0.1, 0.15) is 21.5 Å². The van der Waals surface area contributed by atoms with Gasteiger partial charge in [0.05, 0.1) is 30.2 Å². The Bertz CT molecular complexity index is 2180. The number of sulfonamides is 2. The molecule has 0 saturated heterocycles. The number of primary sulfonamides is 2. The van der Waals surface area contributed by atoms with Crippen molar-refractivity contribution in [2.45, 2.75) is 14.7 Å². The van der Waals surface area contributed by atoms with Crippen molar-refractivity contribution in [1.82, 2.24) is 0 Å². The number of nitrogens with one attached hydrogen (secondary N) is 3. The zero-order valence-corrected chi connectivity index (χ0v) is 27.7. The molecule has 0 heterocycles. The maximum atomic E-state index is 12.1. The van der Waals surface area contributed by atoms with Gasteiger partial charge in [-0.05, 0) is 66.7 Å². The summed E-state index contributed by atoms with van der Waals surface area (Å²) in [5, 5.41) is 41.1. The Kier molecular flexibility index (Phi) is 10.8. The quantitative estimate of drug-likeness (QED) is 0.0592. The van der Waals surface area contributed by atoms with Gasteiger partial charge in [-0.2, -0.15) is 0 Å². The number of nitro benzene ring substituents is 2. The third-order valence-electron chi connectivity index (χ3n) is 5.96. The fourth-order valence-corrected chi connectivity index (χ4v) is 5.63. The first-order chi connectivity index (χ1) is 20.8. The van der Waals surface area contributed by atoms with Crippen LogP contribution in [0.1, 0.15) is 0 Å². The molecule has 0 spiro atoms. The van der Waals surface area contributed by atoms with E-state index in [1.807, 2.05) is 0 Å². The van der Waals surface area contributed by atoms with Gasteiger partial charge in [-0.15, -0.1) is 0 Å². The van der Waals surface area contributed by atoms with E-state index in [0.29, 0.717) is 5.69 Å². The Labute approximate surface area is 283 Å². The summed E-state index contributed by atoms with van der Waals surface area (Å²) >= 11 is 0. The summed E-state index contributed by atoms with van der Waals surface area (Å²) in [5.41, 5.74) is -1.14. The van der Waals surface area contributed by atoms with E-state index in [-0.39, 0.29) is 58.0 Å². The van der Waals surface area contributed by atoms with E-state index in [9.17, 15) is 50.0 Å². The zero-order chi connectivity index (χ0) is 33.3. The van der Waals surface area contributed by atoms with Gasteiger partial charge in [0.15, 0.2) is 0 Å². The van der Waals surface area contributed by atoms with Crippen molar-refractivity contribution in [3.8, 4) is 0 Å². The number of benzene rings is 4. The standard InChI is InChI=1S/C24H21N7O11S3.Na/c25-43(36,37)17-6-9-19(22(12-17)30(32)33)27-14-1-3-15(4-2-14)28-21-8-5-16(11-24(21)45(40,41)42)29-20-10-7-18(44(26,38)39)13-23(20)31(34)35;/h1-13,27-29H,(H2,25,36,37)(H2,26,38,39)(H,40,41,42);/q;+1/p-1. The first-order valence-electron chi connectivity index (χ1n) is 12.0. The Morgan fingerprint density at radius 3 is 1.26 bits per heavy atom. The molecule has 18 nitrogen and oxygen atoms in total. The molecule has 0 atom stereocenters. The fraction of sp³-hybridized carbons (Fsp3) is 0. The van der Waals surface area contributed by atoms with E-state index < -0.39 is 66.1 Å². The third kappa shape index (κ3) is 8.74. The molecule has 0 aromatic heterocycles. The first-order valence-corrected chi connectivity index (χ1v) is 16.5. The van der Waals surface area contributed by atoms with Gasteiger partial charge < -0.3 is 20.5 Å². The molecule has 0 radical (unpaired) electrons.